The van der Waals surface area contributed by atoms with E-state index in [1.807, 2.05) is 12.1 Å². The van der Waals surface area contributed by atoms with E-state index < -0.39 is 0 Å². The molecular weight excluding hydrogens is 286 g/mol. The Morgan fingerprint density at radius 3 is 2.67 bits per heavy atom. The van der Waals surface area contributed by atoms with E-state index in [4.69, 9.17) is 21.1 Å². The van der Waals surface area contributed by atoms with Crippen LogP contribution in [0.25, 0.3) is 0 Å². The van der Waals surface area contributed by atoms with Gasteiger partial charge in [0.2, 0.25) is 0 Å². The van der Waals surface area contributed by atoms with E-state index in [1.165, 1.54) is 12.8 Å². The van der Waals surface area contributed by atoms with Crippen molar-refractivity contribution < 1.29 is 9.47 Å². The molecule has 0 fully saturated rings. The minimum Gasteiger partial charge on any atom is -0.490 e. The Morgan fingerprint density at radius 2 is 1.95 bits per heavy atom. The fraction of sp³-hybridized carbons (Fsp3) is 0.647. The molecule has 1 aliphatic rings. The van der Waals surface area contributed by atoms with Gasteiger partial charge in [-0.05, 0) is 37.2 Å². The first kappa shape index (κ1) is 16.4. The van der Waals surface area contributed by atoms with Gasteiger partial charge in [-0.15, -0.1) is 11.6 Å². The number of nitrogens with zero attached hydrogens (tertiary/aromatic N) is 1. The summed E-state index contributed by atoms with van der Waals surface area (Å²) in [6.07, 6.45) is 3.36. The Kier molecular flexibility index (Phi) is 6.65. The molecule has 1 aliphatic heterocycles. The van der Waals surface area contributed by atoms with E-state index >= 15 is 0 Å². The summed E-state index contributed by atoms with van der Waals surface area (Å²) < 4.78 is 11.4. The van der Waals surface area contributed by atoms with Crippen LogP contribution in [0.1, 0.15) is 44.1 Å². The lowest BCUT2D eigenvalue weighted by Crippen LogP contribution is -2.28. The quantitative estimate of drug-likeness (QED) is 0.703. The molecule has 0 radical (unpaired) electrons. The predicted molar refractivity (Wildman–Crippen MR) is 87.7 cm³/mol. The lowest BCUT2D eigenvalue weighted by molar-refractivity contribution is 0.283. The Labute approximate surface area is 133 Å². The zero-order valence-corrected chi connectivity index (χ0v) is 13.9. The molecule has 118 valence electrons. The van der Waals surface area contributed by atoms with Crippen molar-refractivity contribution in [3.8, 4) is 11.5 Å². The highest BCUT2D eigenvalue weighted by Gasteiger charge is 2.16. The second kappa shape index (κ2) is 8.50. The standard InChI is InChI=1S/C17H26ClNO2/c1-3-5-9-19(4-2)13-15(18)14-7-8-16-17(12-14)21-11-6-10-20-16/h7-8,12,15H,3-6,9-11,13H2,1-2H3. The average Bonchev–Trinajstić information content (AvgIpc) is 2.75. The van der Waals surface area contributed by atoms with Gasteiger partial charge in [-0.25, -0.2) is 0 Å². The van der Waals surface area contributed by atoms with Gasteiger partial charge in [0.15, 0.2) is 11.5 Å². The zero-order chi connectivity index (χ0) is 15.1. The van der Waals surface area contributed by atoms with E-state index in [0.29, 0.717) is 6.61 Å². The van der Waals surface area contributed by atoms with Gasteiger partial charge >= 0.3 is 0 Å². The van der Waals surface area contributed by atoms with Crippen LogP contribution in [0.3, 0.4) is 0 Å². The Morgan fingerprint density at radius 1 is 1.19 bits per heavy atom. The first-order valence-electron chi connectivity index (χ1n) is 8.00. The van der Waals surface area contributed by atoms with E-state index in [-0.39, 0.29) is 5.38 Å². The molecule has 0 spiro atoms. The number of likely N-dealkylation sites (N-methyl/N-ethyl adjacent to an activating group) is 1. The van der Waals surface area contributed by atoms with Crippen molar-refractivity contribution >= 4 is 11.6 Å². The van der Waals surface area contributed by atoms with Gasteiger partial charge in [-0.1, -0.05) is 26.3 Å². The third-order valence-corrected chi connectivity index (χ3v) is 4.22. The monoisotopic (exact) mass is 311 g/mol. The molecule has 0 amide bonds. The third-order valence-electron chi connectivity index (χ3n) is 3.83. The fourth-order valence-corrected chi connectivity index (χ4v) is 2.80. The molecule has 0 N–H and O–H groups in total. The van der Waals surface area contributed by atoms with Crippen molar-refractivity contribution in [2.45, 2.75) is 38.5 Å². The average molecular weight is 312 g/mol. The highest BCUT2D eigenvalue weighted by atomic mass is 35.5. The lowest BCUT2D eigenvalue weighted by atomic mass is 10.1. The molecule has 3 nitrogen and oxygen atoms in total. The Bertz CT molecular complexity index is 439. The largest absolute Gasteiger partial charge is 0.490 e. The van der Waals surface area contributed by atoms with Crippen LogP contribution in [0.4, 0.5) is 0 Å². The van der Waals surface area contributed by atoms with Gasteiger partial charge in [0.1, 0.15) is 0 Å². The number of halogens is 1. The topological polar surface area (TPSA) is 21.7 Å². The molecule has 1 atom stereocenters. The number of hydrogen-bond donors (Lipinski definition) is 0. The van der Waals surface area contributed by atoms with E-state index in [9.17, 15) is 0 Å². The molecule has 0 aliphatic carbocycles. The van der Waals surface area contributed by atoms with E-state index in [0.717, 1.165) is 49.7 Å². The lowest BCUT2D eigenvalue weighted by Gasteiger charge is -2.23. The van der Waals surface area contributed by atoms with Crippen LogP contribution in [0.2, 0.25) is 0 Å². The molecule has 1 unspecified atom stereocenters. The van der Waals surface area contributed by atoms with Gasteiger partial charge in [-0.3, -0.25) is 0 Å². The second-order valence-electron chi connectivity index (χ2n) is 5.47. The number of alkyl halides is 1. The summed E-state index contributed by atoms with van der Waals surface area (Å²) in [4.78, 5) is 2.41. The van der Waals surface area contributed by atoms with Crippen LogP contribution < -0.4 is 9.47 Å². The van der Waals surface area contributed by atoms with Crippen LogP contribution in [0, 0.1) is 0 Å². The van der Waals surface area contributed by atoms with Crippen molar-refractivity contribution in [2.75, 3.05) is 32.8 Å². The van der Waals surface area contributed by atoms with Crippen LogP contribution in [-0.4, -0.2) is 37.7 Å². The smallest absolute Gasteiger partial charge is 0.161 e. The molecule has 4 heteroatoms. The molecule has 0 bridgehead atoms. The number of fused-ring (bicyclic) bond motifs is 1. The summed E-state index contributed by atoms with van der Waals surface area (Å²) in [5, 5.41) is -0.0149. The summed E-state index contributed by atoms with van der Waals surface area (Å²) in [7, 11) is 0. The molecule has 2 rings (SSSR count). The highest BCUT2D eigenvalue weighted by Crippen LogP contribution is 2.34. The molecule has 1 heterocycles. The molecule has 21 heavy (non-hydrogen) atoms. The SMILES string of the molecule is CCCCN(CC)CC(Cl)c1ccc2c(c1)OCCCO2. The molecule has 0 saturated heterocycles. The maximum absolute atomic E-state index is 6.60. The number of hydrogen-bond acceptors (Lipinski definition) is 3. The summed E-state index contributed by atoms with van der Waals surface area (Å²) in [5.74, 6) is 1.66. The van der Waals surface area contributed by atoms with Crippen LogP contribution in [0.15, 0.2) is 18.2 Å². The van der Waals surface area contributed by atoms with Gasteiger partial charge in [0.05, 0.1) is 18.6 Å². The maximum atomic E-state index is 6.60. The van der Waals surface area contributed by atoms with Crippen LogP contribution >= 0.6 is 11.6 Å². The molecule has 0 saturated carbocycles. The van der Waals surface area contributed by atoms with E-state index in [2.05, 4.69) is 24.8 Å². The van der Waals surface area contributed by atoms with Gasteiger partial charge in [-0.2, -0.15) is 0 Å². The highest BCUT2D eigenvalue weighted by molar-refractivity contribution is 6.21. The minimum absolute atomic E-state index is 0.0149. The number of rotatable bonds is 7. The minimum atomic E-state index is -0.0149. The number of benzene rings is 1. The van der Waals surface area contributed by atoms with Crippen molar-refractivity contribution in [1.29, 1.82) is 0 Å². The molecular formula is C17H26ClNO2. The first-order valence-corrected chi connectivity index (χ1v) is 8.44. The zero-order valence-electron chi connectivity index (χ0n) is 13.1. The predicted octanol–water partition coefficient (Wildman–Crippen LogP) is 4.25. The van der Waals surface area contributed by atoms with Gasteiger partial charge < -0.3 is 14.4 Å². The van der Waals surface area contributed by atoms with Crippen molar-refractivity contribution in [3.05, 3.63) is 23.8 Å². The summed E-state index contributed by atoms with van der Waals surface area (Å²) in [5.41, 5.74) is 1.11. The number of ether oxygens (including phenoxy) is 2. The first-order chi connectivity index (χ1) is 10.2. The maximum Gasteiger partial charge on any atom is 0.161 e. The van der Waals surface area contributed by atoms with Crippen LogP contribution in [0.5, 0.6) is 11.5 Å². The van der Waals surface area contributed by atoms with E-state index in [1.54, 1.807) is 0 Å². The summed E-state index contributed by atoms with van der Waals surface area (Å²) in [6, 6.07) is 6.07. The molecule has 0 aromatic heterocycles. The summed E-state index contributed by atoms with van der Waals surface area (Å²) >= 11 is 6.60. The van der Waals surface area contributed by atoms with Crippen molar-refractivity contribution in [2.24, 2.45) is 0 Å². The van der Waals surface area contributed by atoms with Crippen molar-refractivity contribution in [1.82, 2.24) is 4.90 Å². The van der Waals surface area contributed by atoms with Crippen LogP contribution in [-0.2, 0) is 0 Å². The molecule has 1 aromatic rings. The Balaban J connectivity index is 2.01. The fourth-order valence-electron chi connectivity index (χ4n) is 2.47. The number of unbranched alkanes of at least 4 members (excludes halogenated alkanes) is 1. The summed E-state index contributed by atoms with van der Waals surface area (Å²) in [6.45, 7) is 8.85. The second-order valence-corrected chi connectivity index (χ2v) is 6.00. The van der Waals surface area contributed by atoms with Gasteiger partial charge in [0.25, 0.3) is 0 Å². The van der Waals surface area contributed by atoms with Crippen molar-refractivity contribution in [3.63, 3.8) is 0 Å². The molecule has 1 aromatic carbocycles. The normalized spacial score (nSPS) is 15.8. The Hall–Kier alpha value is -0.930. The third kappa shape index (κ3) is 4.79. The van der Waals surface area contributed by atoms with Gasteiger partial charge in [0, 0.05) is 13.0 Å².